The summed E-state index contributed by atoms with van der Waals surface area (Å²) in [4.78, 5) is 32.1. The lowest BCUT2D eigenvalue weighted by molar-refractivity contribution is -0.116. The fourth-order valence-electron chi connectivity index (χ4n) is 4.82. The van der Waals surface area contributed by atoms with Gasteiger partial charge in [-0.15, -0.1) is 0 Å². The van der Waals surface area contributed by atoms with E-state index >= 15 is 0 Å². The minimum absolute atomic E-state index is 0.0209. The Balaban J connectivity index is 2.18. The molecule has 0 spiro atoms. The van der Waals surface area contributed by atoms with Gasteiger partial charge in [0.05, 0.1) is 11.5 Å². The molecule has 0 unspecified atom stereocenters. The Bertz CT molecular complexity index is 1250. The molecule has 1 fully saturated rings. The third kappa shape index (κ3) is 8.24. The van der Waals surface area contributed by atoms with Crippen molar-refractivity contribution in [1.82, 2.24) is 4.31 Å². The smallest absolute Gasteiger partial charge is 0.439 e. The van der Waals surface area contributed by atoms with E-state index in [0.29, 0.717) is 24.3 Å². The molecule has 14 heteroatoms. The van der Waals surface area contributed by atoms with Gasteiger partial charge in [0, 0.05) is 37.7 Å². The number of hydrogen-bond acceptors (Lipinski definition) is 8. The van der Waals surface area contributed by atoms with Gasteiger partial charge in [-0.25, -0.2) is 17.8 Å². The van der Waals surface area contributed by atoms with E-state index in [4.69, 9.17) is 25.5 Å². The monoisotopic (exact) mass is 585 g/mol. The Labute approximate surface area is 228 Å². The topological polar surface area (TPSA) is 192 Å². The van der Waals surface area contributed by atoms with Gasteiger partial charge < -0.3 is 30.7 Å². The predicted octanol–water partition coefficient (Wildman–Crippen LogP) is 2.51. The van der Waals surface area contributed by atoms with Gasteiger partial charge in [-0.05, 0) is 42.2 Å². The molecule has 3 rings (SSSR count). The summed E-state index contributed by atoms with van der Waals surface area (Å²) in [7, 11) is -9.45. The molecule has 3 atom stereocenters. The van der Waals surface area contributed by atoms with Gasteiger partial charge in [0.15, 0.2) is 5.60 Å². The third-order valence-corrected chi connectivity index (χ3v) is 8.88. The van der Waals surface area contributed by atoms with E-state index in [1.165, 1.54) is 24.3 Å². The lowest BCUT2D eigenvalue weighted by Crippen LogP contribution is -2.59. The van der Waals surface area contributed by atoms with Crippen LogP contribution in [-0.4, -0.2) is 66.6 Å². The number of phosphoric ester groups is 1. The Morgan fingerprint density at radius 2 is 1.79 bits per heavy atom. The molecule has 1 saturated heterocycles. The molecule has 1 heterocycles. The van der Waals surface area contributed by atoms with Crippen molar-refractivity contribution in [3.05, 3.63) is 60.2 Å². The first-order valence-electron chi connectivity index (χ1n) is 12.4. The summed E-state index contributed by atoms with van der Waals surface area (Å²) in [6.45, 7) is 3.40. The number of benzene rings is 2. The highest BCUT2D eigenvalue weighted by atomic mass is 32.2. The second-order valence-electron chi connectivity index (χ2n) is 9.97. The zero-order valence-corrected chi connectivity index (χ0v) is 23.6. The van der Waals surface area contributed by atoms with E-state index in [9.17, 15) is 27.6 Å². The summed E-state index contributed by atoms with van der Waals surface area (Å²) in [6.07, 6.45) is -2.53. The largest absolute Gasteiger partial charge is 0.470 e. The van der Waals surface area contributed by atoms with Crippen LogP contribution in [0.25, 0.3) is 0 Å². The van der Waals surface area contributed by atoms with Crippen molar-refractivity contribution in [3.63, 3.8) is 0 Å². The van der Waals surface area contributed by atoms with Crippen LogP contribution in [0.4, 0.5) is 10.5 Å². The van der Waals surface area contributed by atoms with E-state index < -0.39 is 48.1 Å². The Hall–Kier alpha value is -2.51. The third-order valence-electron chi connectivity index (χ3n) is 6.50. The number of nitrogens with two attached hydrogens (primary N) is 2. The number of nitrogen functional groups attached to an aromatic ring is 1. The maximum atomic E-state index is 13.8. The van der Waals surface area contributed by atoms with Gasteiger partial charge in [-0.3, -0.25) is 4.52 Å². The number of primary amides is 1. The zero-order valence-electron chi connectivity index (χ0n) is 21.9. The molecule has 0 radical (unpaired) electrons. The zero-order chi connectivity index (χ0) is 28.8. The number of hydrogen-bond donors (Lipinski definition) is 4. The standard InChI is InChI=1S/C25H36N3O9PS/c1-18(2)15-28(39(33,34)22-10-8-21(26)9-11-22)16-23(37-38(30,31)32)25(36-24(27)29,20-12-13-35-17-20)14-19-6-4-3-5-7-19/h3-11,18,20,23H,12-17,26H2,1-2H3,(H2,27,29)(H2,30,31,32)/t20-,23-,25-/m1/s1. The molecule has 0 bridgehead atoms. The molecule has 2 aromatic carbocycles. The van der Waals surface area contributed by atoms with Gasteiger partial charge in [0.2, 0.25) is 10.0 Å². The van der Waals surface area contributed by atoms with E-state index in [2.05, 4.69) is 0 Å². The number of ether oxygens (including phenoxy) is 2. The van der Waals surface area contributed by atoms with Crippen molar-refractivity contribution >= 4 is 29.6 Å². The van der Waals surface area contributed by atoms with Gasteiger partial charge in [0.25, 0.3) is 0 Å². The fourth-order valence-corrected chi connectivity index (χ4v) is 7.00. The number of amides is 1. The predicted molar refractivity (Wildman–Crippen MR) is 144 cm³/mol. The summed E-state index contributed by atoms with van der Waals surface area (Å²) < 4.78 is 57.5. The first-order chi connectivity index (χ1) is 18.2. The van der Waals surface area contributed by atoms with E-state index in [1.54, 1.807) is 44.2 Å². The Kier molecular flexibility index (Phi) is 10.2. The molecule has 1 aliphatic heterocycles. The number of carbonyl (C=O) groups excluding carboxylic acids is 1. The molecule has 1 aliphatic rings. The molecule has 39 heavy (non-hydrogen) atoms. The van der Waals surface area contributed by atoms with Crippen LogP contribution in [0.1, 0.15) is 25.8 Å². The summed E-state index contributed by atoms with van der Waals surface area (Å²) >= 11 is 0. The van der Waals surface area contributed by atoms with Crippen LogP contribution in [0, 0.1) is 11.8 Å². The summed E-state index contributed by atoms with van der Waals surface area (Å²) in [5.74, 6) is -0.790. The van der Waals surface area contributed by atoms with Crippen LogP contribution in [0.5, 0.6) is 0 Å². The van der Waals surface area contributed by atoms with E-state index in [1.807, 2.05) is 0 Å². The number of sulfonamides is 1. The summed E-state index contributed by atoms with van der Waals surface area (Å²) in [5, 5.41) is 0. The number of anilines is 1. The van der Waals surface area contributed by atoms with Crippen molar-refractivity contribution in [2.75, 3.05) is 32.0 Å². The lowest BCUT2D eigenvalue weighted by atomic mass is 9.77. The molecular formula is C25H36N3O9PS. The molecule has 1 amide bonds. The van der Waals surface area contributed by atoms with Gasteiger partial charge >= 0.3 is 13.9 Å². The Morgan fingerprint density at radius 1 is 1.15 bits per heavy atom. The Morgan fingerprint density at radius 3 is 2.31 bits per heavy atom. The molecule has 12 nitrogen and oxygen atoms in total. The highest BCUT2D eigenvalue weighted by Gasteiger charge is 2.54. The minimum atomic E-state index is -5.24. The molecule has 216 valence electrons. The number of nitrogens with zero attached hydrogens (tertiary/aromatic N) is 1. The summed E-state index contributed by atoms with van der Waals surface area (Å²) in [5.41, 5.74) is 10.5. The second-order valence-corrected chi connectivity index (χ2v) is 13.1. The van der Waals surface area contributed by atoms with Crippen molar-refractivity contribution < 1.29 is 41.6 Å². The average molecular weight is 586 g/mol. The lowest BCUT2D eigenvalue weighted by Gasteiger charge is -2.44. The molecule has 0 aromatic heterocycles. The average Bonchev–Trinajstić information content (AvgIpc) is 3.38. The van der Waals surface area contributed by atoms with Crippen LogP contribution < -0.4 is 11.5 Å². The quantitative estimate of drug-likeness (QED) is 0.201. The van der Waals surface area contributed by atoms with Crippen molar-refractivity contribution in [1.29, 1.82) is 0 Å². The summed E-state index contributed by atoms with van der Waals surface area (Å²) in [6, 6.07) is 14.4. The van der Waals surface area contributed by atoms with Crippen LogP contribution >= 0.6 is 7.82 Å². The van der Waals surface area contributed by atoms with Crippen LogP contribution in [-0.2, 0) is 35.0 Å². The van der Waals surface area contributed by atoms with Crippen LogP contribution in [0.2, 0.25) is 0 Å². The minimum Gasteiger partial charge on any atom is -0.439 e. The normalized spacial score (nSPS) is 18.7. The maximum Gasteiger partial charge on any atom is 0.470 e. The number of carbonyl (C=O) groups is 1. The molecular weight excluding hydrogens is 549 g/mol. The fraction of sp³-hybridized carbons (Fsp3) is 0.480. The van der Waals surface area contributed by atoms with Gasteiger partial charge in [0.1, 0.15) is 6.10 Å². The van der Waals surface area contributed by atoms with E-state index in [0.717, 1.165) is 4.31 Å². The SMILES string of the molecule is CC(C)CN(C[C@@H](OP(=O)(O)O)[C@](Cc1ccccc1)(OC(N)=O)[C@@H]1CCOC1)S(=O)(=O)c1ccc(N)cc1. The van der Waals surface area contributed by atoms with Crippen LogP contribution in [0.3, 0.4) is 0 Å². The molecule has 0 aliphatic carbocycles. The molecule has 2 aromatic rings. The van der Waals surface area contributed by atoms with Gasteiger partial charge in [-0.1, -0.05) is 44.2 Å². The van der Waals surface area contributed by atoms with Crippen molar-refractivity contribution in [3.8, 4) is 0 Å². The highest BCUT2D eigenvalue weighted by molar-refractivity contribution is 7.89. The van der Waals surface area contributed by atoms with Gasteiger partial charge in [-0.2, -0.15) is 4.31 Å². The van der Waals surface area contributed by atoms with E-state index in [-0.39, 0.29) is 30.4 Å². The first-order valence-corrected chi connectivity index (χ1v) is 15.4. The molecule has 6 N–H and O–H groups in total. The number of rotatable bonds is 13. The van der Waals surface area contributed by atoms with Crippen molar-refractivity contribution in [2.45, 2.75) is 43.3 Å². The second kappa shape index (κ2) is 12.8. The first kappa shape index (κ1) is 31.0. The van der Waals surface area contributed by atoms with Crippen LogP contribution in [0.15, 0.2) is 59.5 Å². The van der Waals surface area contributed by atoms with Crippen molar-refractivity contribution in [2.24, 2.45) is 17.6 Å². The highest BCUT2D eigenvalue weighted by Crippen LogP contribution is 2.46. The maximum absolute atomic E-state index is 13.8. The number of phosphoric acid groups is 1. The molecule has 0 saturated carbocycles.